The summed E-state index contributed by atoms with van der Waals surface area (Å²) in [7, 11) is 0. The molecule has 0 saturated carbocycles. The molecule has 1 amide bonds. The number of carboxylic acids is 1. The molecule has 2 aromatic rings. The number of hydrogen-bond donors (Lipinski definition) is 3. The fourth-order valence-corrected chi connectivity index (χ4v) is 4.11. The first-order valence-corrected chi connectivity index (χ1v) is 9.04. The number of carbonyl (C=O) groups excluding carboxylic acids is 1. The number of carbonyl (C=O) groups is 2. The molecule has 0 radical (unpaired) electrons. The molecule has 2 aliphatic heterocycles. The van der Waals surface area contributed by atoms with E-state index in [1.54, 1.807) is 25.1 Å². The zero-order valence-electron chi connectivity index (χ0n) is 14.3. The van der Waals surface area contributed by atoms with E-state index in [-0.39, 0.29) is 11.5 Å². The molecule has 4 rings (SSSR count). The second kappa shape index (κ2) is 6.77. The first-order valence-electron chi connectivity index (χ1n) is 8.22. The van der Waals surface area contributed by atoms with Gasteiger partial charge in [0.2, 0.25) is 0 Å². The van der Waals surface area contributed by atoms with Crippen molar-refractivity contribution in [3.8, 4) is 0 Å². The molecule has 134 valence electrons. The Labute approximate surface area is 159 Å². The van der Waals surface area contributed by atoms with E-state index in [9.17, 15) is 14.7 Å². The number of hydrogen-bond acceptors (Lipinski definition) is 5. The van der Waals surface area contributed by atoms with E-state index in [2.05, 4.69) is 15.8 Å². The summed E-state index contributed by atoms with van der Waals surface area (Å²) >= 11 is 1.36. The largest absolute Gasteiger partial charge is 0.478 e. The summed E-state index contributed by atoms with van der Waals surface area (Å²) in [6.07, 6.45) is 1.87. The summed E-state index contributed by atoms with van der Waals surface area (Å²) in [6.45, 7) is 1.77. The van der Waals surface area contributed by atoms with Crippen LogP contribution in [0.5, 0.6) is 0 Å². The molecular formula is C20H15N3O3S. The molecule has 0 spiro atoms. The zero-order chi connectivity index (χ0) is 19.0. The molecule has 0 bridgehead atoms. The van der Waals surface area contributed by atoms with Crippen molar-refractivity contribution in [2.24, 2.45) is 5.10 Å². The third-order valence-corrected chi connectivity index (χ3v) is 5.39. The minimum Gasteiger partial charge on any atom is -0.478 e. The smallest absolute Gasteiger partial charge is 0.336 e. The molecule has 27 heavy (non-hydrogen) atoms. The first kappa shape index (κ1) is 17.1. The summed E-state index contributed by atoms with van der Waals surface area (Å²) in [5.74, 6) is -1.24. The fourth-order valence-electron chi connectivity index (χ4n) is 2.99. The lowest BCUT2D eigenvalue weighted by Crippen LogP contribution is -2.18. The van der Waals surface area contributed by atoms with Crippen molar-refractivity contribution in [2.75, 3.05) is 5.32 Å². The number of fused-ring (bicyclic) bond motifs is 1. The van der Waals surface area contributed by atoms with Crippen LogP contribution in [0.3, 0.4) is 0 Å². The molecule has 2 aromatic carbocycles. The van der Waals surface area contributed by atoms with Crippen LogP contribution >= 0.6 is 11.8 Å². The van der Waals surface area contributed by atoms with Gasteiger partial charge in [0.05, 0.1) is 22.5 Å². The summed E-state index contributed by atoms with van der Waals surface area (Å²) in [4.78, 5) is 25.2. The lowest BCUT2D eigenvalue weighted by Gasteiger charge is -2.22. The third-order valence-electron chi connectivity index (χ3n) is 4.26. The number of hydrazone groups is 1. The van der Waals surface area contributed by atoms with E-state index in [1.807, 2.05) is 36.4 Å². The van der Waals surface area contributed by atoms with Crippen LogP contribution in [0, 0.1) is 0 Å². The topological polar surface area (TPSA) is 90.8 Å². The SMILES string of the molecule is CC1=NNC(=O)/C1=C1/C=C(Sc2ccccc2C(=O)O)c2ccccc2N1. The van der Waals surface area contributed by atoms with Crippen LogP contribution in [0.15, 0.2) is 75.9 Å². The number of carboxylic acid groups (broad SMARTS) is 1. The van der Waals surface area contributed by atoms with Crippen molar-refractivity contribution in [3.05, 3.63) is 77.0 Å². The number of thioether (sulfide) groups is 1. The van der Waals surface area contributed by atoms with Crippen molar-refractivity contribution in [1.29, 1.82) is 0 Å². The van der Waals surface area contributed by atoms with E-state index < -0.39 is 5.97 Å². The highest BCUT2D eigenvalue weighted by atomic mass is 32.2. The minimum absolute atomic E-state index is 0.241. The second-order valence-corrected chi connectivity index (χ2v) is 7.09. The molecule has 0 fully saturated rings. The van der Waals surface area contributed by atoms with E-state index >= 15 is 0 Å². The Morgan fingerprint density at radius 2 is 1.85 bits per heavy atom. The van der Waals surface area contributed by atoms with Crippen molar-refractivity contribution < 1.29 is 14.7 Å². The van der Waals surface area contributed by atoms with Crippen molar-refractivity contribution >= 4 is 39.9 Å². The molecule has 0 aromatic heterocycles. The van der Waals surface area contributed by atoms with Gasteiger partial charge in [-0.2, -0.15) is 5.10 Å². The number of amides is 1. The predicted molar refractivity (Wildman–Crippen MR) is 106 cm³/mol. The van der Waals surface area contributed by atoms with E-state index in [1.165, 1.54) is 11.8 Å². The van der Waals surface area contributed by atoms with Gasteiger partial charge in [0.1, 0.15) is 0 Å². The summed E-state index contributed by atoms with van der Waals surface area (Å²) in [5.41, 5.74) is 6.23. The number of para-hydroxylation sites is 1. The van der Waals surface area contributed by atoms with Crippen LogP contribution < -0.4 is 10.7 Å². The molecule has 7 heteroatoms. The standard InChI is InChI=1S/C20H15N3O3S/c1-11-18(19(24)23-22-11)15-10-17(12-6-2-4-8-14(12)21-15)27-16-9-5-3-7-13(16)20(25)26/h2-10,21H,1H3,(H,23,24)(H,25,26)/b18-15-. The van der Waals surface area contributed by atoms with Gasteiger partial charge in [0.25, 0.3) is 5.91 Å². The number of rotatable bonds is 3. The quantitative estimate of drug-likeness (QED) is 0.710. The van der Waals surface area contributed by atoms with Crippen LogP contribution in [0.25, 0.3) is 4.91 Å². The van der Waals surface area contributed by atoms with Gasteiger partial charge < -0.3 is 10.4 Å². The molecule has 3 N–H and O–H groups in total. The van der Waals surface area contributed by atoms with Gasteiger partial charge in [-0.3, -0.25) is 4.79 Å². The van der Waals surface area contributed by atoms with Gasteiger partial charge in [0.15, 0.2) is 0 Å². The number of allylic oxidation sites excluding steroid dienone is 1. The molecule has 0 atom stereocenters. The van der Waals surface area contributed by atoms with Gasteiger partial charge in [0, 0.05) is 21.1 Å². The fraction of sp³-hybridized carbons (Fsp3) is 0.0500. The average molecular weight is 377 g/mol. The van der Waals surface area contributed by atoms with Crippen LogP contribution in [0.4, 0.5) is 5.69 Å². The third kappa shape index (κ3) is 3.13. The summed E-state index contributed by atoms with van der Waals surface area (Å²) in [5, 5.41) is 16.7. The van der Waals surface area contributed by atoms with Crippen molar-refractivity contribution in [2.45, 2.75) is 11.8 Å². The zero-order valence-corrected chi connectivity index (χ0v) is 15.1. The highest BCUT2D eigenvalue weighted by molar-refractivity contribution is 8.08. The maximum atomic E-state index is 12.2. The van der Waals surface area contributed by atoms with Crippen LogP contribution in [0.1, 0.15) is 22.8 Å². The number of benzene rings is 2. The van der Waals surface area contributed by atoms with E-state index in [0.29, 0.717) is 21.9 Å². The maximum absolute atomic E-state index is 12.2. The molecule has 0 unspecified atom stereocenters. The summed E-state index contributed by atoms with van der Waals surface area (Å²) in [6, 6.07) is 14.6. The Bertz CT molecular complexity index is 1070. The number of anilines is 1. The molecular weight excluding hydrogens is 362 g/mol. The van der Waals surface area contributed by atoms with Crippen molar-refractivity contribution in [3.63, 3.8) is 0 Å². The molecule has 2 aliphatic rings. The first-order chi connectivity index (χ1) is 13.0. The van der Waals surface area contributed by atoms with Crippen LogP contribution in [0.2, 0.25) is 0 Å². The van der Waals surface area contributed by atoms with Gasteiger partial charge in [-0.1, -0.05) is 42.1 Å². The number of aromatic carboxylic acids is 1. The van der Waals surface area contributed by atoms with E-state index in [4.69, 9.17) is 0 Å². The monoisotopic (exact) mass is 377 g/mol. The number of nitrogens with zero attached hydrogens (tertiary/aromatic N) is 1. The van der Waals surface area contributed by atoms with Gasteiger partial charge in [-0.25, -0.2) is 10.2 Å². The van der Waals surface area contributed by atoms with Gasteiger partial charge in [-0.15, -0.1) is 0 Å². The number of nitrogens with one attached hydrogen (secondary N) is 2. The Morgan fingerprint density at radius 3 is 2.59 bits per heavy atom. The minimum atomic E-state index is -0.974. The molecule has 2 heterocycles. The van der Waals surface area contributed by atoms with Crippen LogP contribution in [-0.4, -0.2) is 22.7 Å². The molecule has 6 nitrogen and oxygen atoms in total. The Kier molecular flexibility index (Phi) is 4.29. The molecule has 0 saturated heterocycles. The average Bonchev–Trinajstić information content (AvgIpc) is 3.00. The molecule has 0 aliphatic carbocycles. The van der Waals surface area contributed by atoms with E-state index in [0.717, 1.165) is 16.2 Å². The predicted octanol–water partition coefficient (Wildman–Crippen LogP) is 3.70. The lowest BCUT2D eigenvalue weighted by atomic mass is 10.0. The van der Waals surface area contributed by atoms with Gasteiger partial charge in [-0.05, 0) is 31.2 Å². The Hall–Kier alpha value is -3.32. The maximum Gasteiger partial charge on any atom is 0.336 e. The Balaban J connectivity index is 1.84. The lowest BCUT2D eigenvalue weighted by molar-refractivity contribution is -0.116. The normalized spacial score (nSPS) is 18.2. The second-order valence-electron chi connectivity index (χ2n) is 6.01. The van der Waals surface area contributed by atoms with Crippen molar-refractivity contribution in [1.82, 2.24) is 5.43 Å². The van der Waals surface area contributed by atoms with Crippen LogP contribution in [-0.2, 0) is 4.79 Å². The highest BCUT2D eigenvalue weighted by Crippen LogP contribution is 2.43. The summed E-state index contributed by atoms with van der Waals surface area (Å²) < 4.78 is 0. The highest BCUT2D eigenvalue weighted by Gasteiger charge is 2.26. The van der Waals surface area contributed by atoms with Gasteiger partial charge >= 0.3 is 5.97 Å². The Morgan fingerprint density at radius 1 is 1.11 bits per heavy atom.